The summed E-state index contributed by atoms with van der Waals surface area (Å²) in [4.78, 5) is 32.1. The predicted molar refractivity (Wildman–Crippen MR) is 154 cm³/mol. The van der Waals surface area contributed by atoms with Crippen molar-refractivity contribution in [3.8, 4) is 11.4 Å². The van der Waals surface area contributed by atoms with E-state index in [1.807, 2.05) is 87.3 Å². The summed E-state index contributed by atoms with van der Waals surface area (Å²) in [5, 5.41) is 6.21. The van der Waals surface area contributed by atoms with E-state index in [1.54, 1.807) is 12.4 Å². The molecule has 0 saturated carbocycles. The van der Waals surface area contributed by atoms with Crippen LogP contribution in [-0.2, 0) is 17.7 Å². The SMILES string of the molecule is CC(Cc1cccc(CNC(=O)OC(C)(C)C)c1)Nc1nccc(N(C)c2ccnc(-c3ccccc3)n2)n1. The van der Waals surface area contributed by atoms with Crippen molar-refractivity contribution >= 4 is 23.7 Å². The zero-order chi connectivity index (χ0) is 27.8. The van der Waals surface area contributed by atoms with E-state index in [0.29, 0.717) is 24.1 Å². The highest BCUT2D eigenvalue weighted by molar-refractivity contribution is 5.67. The molecular weight excluding hydrogens is 490 g/mol. The second kappa shape index (κ2) is 12.3. The number of hydrogen-bond acceptors (Lipinski definition) is 8. The van der Waals surface area contributed by atoms with Gasteiger partial charge in [0.05, 0.1) is 0 Å². The number of benzene rings is 2. The van der Waals surface area contributed by atoms with E-state index in [1.165, 1.54) is 0 Å². The van der Waals surface area contributed by atoms with Crippen LogP contribution in [0.3, 0.4) is 0 Å². The molecule has 2 heterocycles. The first kappa shape index (κ1) is 27.5. The molecule has 1 amide bonds. The Morgan fingerprint density at radius 3 is 2.36 bits per heavy atom. The lowest BCUT2D eigenvalue weighted by atomic mass is 10.0. The van der Waals surface area contributed by atoms with Crippen LogP contribution in [0, 0.1) is 0 Å². The molecule has 0 spiro atoms. The topological polar surface area (TPSA) is 105 Å². The molecular formula is C30H35N7O2. The lowest BCUT2D eigenvalue weighted by molar-refractivity contribution is 0.0523. The zero-order valence-electron chi connectivity index (χ0n) is 23.0. The normalized spacial score (nSPS) is 11.9. The monoisotopic (exact) mass is 525 g/mol. The molecule has 2 aromatic carbocycles. The average Bonchev–Trinajstić information content (AvgIpc) is 2.91. The third-order valence-electron chi connectivity index (χ3n) is 5.75. The van der Waals surface area contributed by atoms with Crippen LogP contribution in [0.2, 0.25) is 0 Å². The van der Waals surface area contributed by atoms with Crippen molar-refractivity contribution in [2.24, 2.45) is 0 Å². The number of ether oxygens (including phenoxy) is 1. The Morgan fingerprint density at radius 1 is 0.923 bits per heavy atom. The number of rotatable bonds is 9. The summed E-state index contributed by atoms with van der Waals surface area (Å²) in [5.74, 6) is 2.64. The number of alkyl carbamates (subject to hydrolysis) is 1. The number of hydrogen-bond donors (Lipinski definition) is 2. The highest BCUT2D eigenvalue weighted by atomic mass is 16.6. The van der Waals surface area contributed by atoms with E-state index in [0.717, 1.165) is 28.9 Å². The number of aromatic nitrogens is 4. The molecule has 1 atom stereocenters. The van der Waals surface area contributed by atoms with Crippen LogP contribution in [-0.4, -0.2) is 44.7 Å². The molecule has 0 bridgehead atoms. The largest absolute Gasteiger partial charge is 0.444 e. The molecule has 0 aliphatic rings. The van der Waals surface area contributed by atoms with Crippen LogP contribution >= 0.6 is 0 Å². The van der Waals surface area contributed by atoms with Gasteiger partial charge in [-0.3, -0.25) is 0 Å². The van der Waals surface area contributed by atoms with Gasteiger partial charge in [-0.2, -0.15) is 4.98 Å². The highest BCUT2D eigenvalue weighted by Crippen LogP contribution is 2.23. The van der Waals surface area contributed by atoms with Crippen molar-refractivity contribution in [2.45, 2.75) is 52.3 Å². The maximum absolute atomic E-state index is 12.0. The van der Waals surface area contributed by atoms with Gasteiger partial charge in [0.15, 0.2) is 5.82 Å². The van der Waals surface area contributed by atoms with Gasteiger partial charge in [0.1, 0.15) is 17.2 Å². The lowest BCUT2D eigenvalue weighted by Gasteiger charge is -2.20. The summed E-state index contributed by atoms with van der Waals surface area (Å²) in [6.07, 6.45) is 3.82. The number of carbonyl (C=O) groups excluding carboxylic acids is 1. The quantitative estimate of drug-likeness (QED) is 0.284. The van der Waals surface area contributed by atoms with E-state index in [4.69, 9.17) is 14.7 Å². The first-order valence-corrected chi connectivity index (χ1v) is 12.9. The van der Waals surface area contributed by atoms with Crippen molar-refractivity contribution in [3.63, 3.8) is 0 Å². The van der Waals surface area contributed by atoms with Crippen LogP contribution in [0.4, 0.5) is 22.4 Å². The fraction of sp³-hybridized carbons (Fsp3) is 0.300. The molecule has 9 nitrogen and oxygen atoms in total. The summed E-state index contributed by atoms with van der Waals surface area (Å²) in [5.41, 5.74) is 2.57. The Balaban J connectivity index is 1.37. The molecule has 4 aromatic rings. The van der Waals surface area contributed by atoms with Crippen LogP contribution in [0.1, 0.15) is 38.8 Å². The van der Waals surface area contributed by atoms with Crippen LogP contribution in [0.5, 0.6) is 0 Å². The second-order valence-corrected chi connectivity index (χ2v) is 10.3. The molecule has 4 rings (SSSR count). The lowest BCUT2D eigenvalue weighted by Crippen LogP contribution is -2.32. The molecule has 39 heavy (non-hydrogen) atoms. The minimum atomic E-state index is -0.527. The molecule has 0 fully saturated rings. The molecule has 1 unspecified atom stereocenters. The molecule has 2 aromatic heterocycles. The minimum absolute atomic E-state index is 0.0726. The number of anilines is 3. The van der Waals surface area contributed by atoms with Gasteiger partial charge in [-0.15, -0.1) is 0 Å². The van der Waals surface area contributed by atoms with Gasteiger partial charge in [-0.1, -0.05) is 54.6 Å². The smallest absolute Gasteiger partial charge is 0.407 e. The molecule has 0 aliphatic carbocycles. The van der Waals surface area contributed by atoms with Gasteiger partial charge in [0, 0.05) is 37.6 Å². The molecule has 0 aliphatic heterocycles. The Labute approximate surface area is 229 Å². The molecule has 0 saturated heterocycles. The number of amides is 1. The Bertz CT molecular complexity index is 1390. The van der Waals surface area contributed by atoms with Crippen LogP contribution in [0.15, 0.2) is 79.1 Å². The average molecular weight is 526 g/mol. The highest BCUT2D eigenvalue weighted by Gasteiger charge is 2.16. The van der Waals surface area contributed by atoms with E-state index >= 15 is 0 Å². The molecule has 2 N–H and O–H groups in total. The first-order valence-electron chi connectivity index (χ1n) is 12.9. The van der Waals surface area contributed by atoms with Crippen LogP contribution in [0.25, 0.3) is 11.4 Å². The van der Waals surface area contributed by atoms with E-state index in [9.17, 15) is 4.79 Å². The third-order valence-corrected chi connectivity index (χ3v) is 5.75. The summed E-state index contributed by atoms with van der Waals surface area (Å²) in [7, 11) is 1.92. The maximum atomic E-state index is 12.0. The van der Waals surface area contributed by atoms with E-state index in [2.05, 4.69) is 39.7 Å². The molecule has 9 heteroatoms. The number of carbonyl (C=O) groups is 1. The first-order chi connectivity index (χ1) is 18.7. The summed E-state index contributed by atoms with van der Waals surface area (Å²) < 4.78 is 5.32. The number of nitrogens with zero attached hydrogens (tertiary/aromatic N) is 5. The zero-order valence-corrected chi connectivity index (χ0v) is 23.0. The van der Waals surface area contributed by atoms with Gasteiger partial charge >= 0.3 is 6.09 Å². The van der Waals surface area contributed by atoms with Crippen molar-refractivity contribution in [2.75, 3.05) is 17.3 Å². The Kier molecular flexibility index (Phi) is 8.70. The van der Waals surface area contributed by atoms with Gasteiger partial charge in [-0.25, -0.2) is 19.7 Å². The molecule has 202 valence electrons. The minimum Gasteiger partial charge on any atom is -0.444 e. The van der Waals surface area contributed by atoms with E-state index < -0.39 is 11.7 Å². The second-order valence-electron chi connectivity index (χ2n) is 10.3. The maximum Gasteiger partial charge on any atom is 0.407 e. The Hall–Kier alpha value is -4.53. The third kappa shape index (κ3) is 8.23. The fourth-order valence-electron chi connectivity index (χ4n) is 3.97. The van der Waals surface area contributed by atoms with Gasteiger partial charge < -0.3 is 20.3 Å². The Morgan fingerprint density at radius 2 is 1.62 bits per heavy atom. The molecule has 0 radical (unpaired) electrons. The van der Waals surface area contributed by atoms with E-state index in [-0.39, 0.29) is 6.04 Å². The van der Waals surface area contributed by atoms with Crippen molar-refractivity contribution in [3.05, 3.63) is 90.3 Å². The number of nitrogens with one attached hydrogen (secondary N) is 2. The van der Waals surface area contributed by atoms with Crippen LogP contribution < -0.4 is 15.5 Å². The predicted octanol–water partition coefficient (Wildman–Crippen LogP) is 5.77. The standard InChI is InChI=1S/C30H35N7O2/c1-21(18-22-10-9-11-23(19-22)20-33-29(38)39-30(2,3)4)34-28-32-17-15-26(36-28)37(5)25-14-16-31-27(35-25)24-12-7-6-8-13-24/h6-17,19,21H,18,20H2,1-5H3,(H,33,38)(H,32,34,36). The van der Waals surface area contributed by atoms with Gasteiger partial charge in [-0.05, 0) is 57.4 Å². The van der Waals surface area contributed by atoms with Crippen molar-refractivity contribution in [1.29, 1.82) is 0 Å². The van der Waals surface area contributed by atoms with Gasteiger partial charge in [0.2, 0.25) is 5.95 Å². The summed E-state index contributed by atoms with van der Waals surface area (Å²) in [6.45, 7) is 8.02. The summed E-state index contributed by atoms with van der Waals surface area (Å²) in [6, 6.07) is 21.8. The van der Waals surface area contributed by atoms with Crippen molar-refractivity contribution in [1.82, 2.24) is 25.3 Å². The fourth-order valence-corrected chi connectivity index (χ4v) is 3.97. The van der Waals surface area contributed by atoms with Crippen molar-refractivity contribution < 1.29 is 9.53 Å². The van der Waals surface area contributed by atoms with Gasteiger partial charge in [0.25, 0.3) is 0 Å². The summed E-state index contributed by atoms with van der Waals surface area (Å²) >= 11 is 0.